The van der Waals surface area contributed by atoms with Gasteiger partial charge in [-0.05, 0) is 33.2 Å². The van der Waals surface area contributed by atoms with Gasteiger partial charge in [-0.15, -0.1) is 0 Å². The molecule has 17 heavy (non-hydrogen) atoms. The Balaban J connectivity index is 1.92. The number of nitrogens with one attached hydrogen (secondary N) is 1. The summed E-state index contributed by atoms with van der Waals surface area (Å²) in [6, 6.07) is 0. The van der Waals surface area contributed by atoms with Crippen LogP contribution in [0.3, 0.4) is 0 Å². The third-order valence-electron chi connectivity index (χ3n) is 3.29. The predicted molar refractivity (Wildman–Crippen MR) is 67.8 cm³/mol. The van der Waals surface area contributed by atoms with Crippen LogP contribution in [0.5, 0.6) is 0 Å². The van der Waals surface area contributed by atoms with Gasteiger partial charge in [0, 0.05) is 12.4 Å². The molecule has 1 aliphatic heterocycles. The van der Waals surface area contributed by atoms with Crippen molar-refractivity contribution in [3.05, 3.63) is 18.2 Å². The average molecular weight is 237 g/mol. The van der Waals surface area contributed by atoms with E-state index in [0.717, 1.165) is 38.3 Å². The monoisotopic (exact) mass is 237 g/mol. The first kappa shape index (κ1) is 12.6. The SMILES string of the molecule is CCNCc1nccn1CC1CCC(C)(C)O1. The van der Waals surface area contributed by atoms with Crippen LogP contribution in [0.1, 0.15) is 39.4 Å². The van der Waals surface area contributed by atoms with Crippen LogP contribution in [-0.4, -0.2) is 27.8 Å². The highest BCUT2D eigenvalue weighted by atomic mass is 16.5. The van der Waals surface area contributed by atoms with Gasteiger partial charge in [0.15, 0.2) is 0 Å². The largest absolute Gasteiger partial charge is 0.370 e. The average Bonchev–Trinajstić information content (AvgIpc) is 2.83. The van der Waals surface area contributed by atoms with Gasteiger partial charge < -0.3 is 14.6 Å². The van der Waals surface area contributed by atoms with E-state index < -0.39 is 0 Å². The molecule has 1 fully saturated rings. The number of rotatable bonds is 5. The molecule has 1 saturated heterocycles. The molecular formula is C13H23N3O. The van der Waals surface area contributed by atoms with Crippen LogP contribution < -0.4 is 5.32 Å². The van der Waals surface area contributed by atoms with Gasteiger partial charge in [0.1, 0.15) is 5.82 Å². The van der Waals surface area contributed by atoms with Crippen molar-refractivity contribution < 1.29 is 4.74 Å². The Morgan fingerprint density at radius 1 is 1.59 bits per heavy atom. The van der Waals surface area contributed by atoms with Gasteiger partial charge in [-0.25, -0.2) is 4.98 Å². The fourth-order valence-electron chi connectivity index (χ4n) is 2.34. The van der Waals surface area contributed by atoms with Gasteiger partial charge in [0.05, 0.1) is 24.8 Å². The summed E-state index contributed by atoms with van der Waals surface area (Å²) in [6.45, 7) is 9.17. The molecule has 96 valence electrons. The molecule has 1 atom stereocenters. The number of aromatic nitrogens is 2. The maximum absolute atomic E-state index is 6.01. The highest BCUT2D eigenvalue weighted by molar-refractivity contribution is 4.93. The zero-order chi connectivity index (χ0) is 12.3. The number of hydrogen-bond donors (Lipinski definition) is 1. The molecule has 1 aromatic heterocycles. The maximum atomic E-state index is 6.01. The molecule has 0 aliphatic carbocycles. The van der Waals surface area contributed by atoms with E-state index in [1.807, 2.05) is 12.4 Å². The highest BCUT2D eigenvalue weighted by Crippen LogP contribution is 2.30. The quantitative estimate of drug-likeness (QED) is 0.850. The summed E-state index contributed by atoms with van der Waals surface area (Å²) < 4.78 is 8.22. The minimum Gasteiger partial charge on any atom is -0.370 e. The lowest BCUT2D eigenvalue weighted by Gasteiger charge is -2.20. The van der Waals surface area contributed by atoms with E-state index in [0.29, 0.717) is 6.10 Å². The number of nitrogens with zero attached hydrogens (tertiary/aromatic N) is 2. The fraction of sp³-hybridized carbons (Fsp3) is 0.769. The lowest BCUT2D eigenvalue weighted by atomic mass is 10.1. The molecule has 0 bridgehead atoms. The molecule has 0 saturated carbocycles. The van der Waals surface area contributed by atoms with Gasteiger partial charge in [0.25, 0.3) is 0 Å². The van der Waals surface area contributed by atoms with E-state index >= 15 is 0 Å². The maximum Gasteiger partial charge on any atom is 0.122 e. The normalized spacial score (nSPS) is 23.1. The summed E-state index contributed by atoms with van der Waals surface area (Å²) in [6.07, 6.45) is 6.54. The molecule has 0 radical (unpaired) electrons. The molecule has 1 unspecified atom stereocenters. The first-order valence-electron chi connectivity index (χ1n) is 6.49. The Labute approximate surface area is 103 Å². The van der Waals surface area contributed by atoms with Gasteiger partial charge >= 0.3 is 0 Å². The topological polar surface area (TPSA) is 39.1 Å². The summed E-state index contributed by atoms with van der Waals surface area (Å²) >= 11 is 0. The first-order valence-corrected chi connectivity index (χ1v) is 6.49. The predicted octanol–water partition coefficient (Wildman–Crippen LogP) is 1.95. The van der Waals surface area contributed by atoms with Crippen LogP contribution >= 0.6 is 0 Å². The summed E-state index contributed by atoms with van der Waals surface area (Å²) in [7, 11) is 0. The van der Waals surface area contributed by atoms with E-state index in [-0.39, 0.29) is 5.60 Å². The molecule has 1 aliphatic rings. The minimum absolute atomic E-state index is 0.0487. The van der Waals surface area contributed by atoms with Crippen molar-refractivity contribution >= 4 is 0 Å². The van der Waals surface area contributed by atoms with Crippen molar-refractivity contribution in [1.82, 2.24) is 14.9 Å². The first-order chi connectivity index (χ1) is 8.11. The van der Waals surface area contributed by atoms with Gasteiger partial charge in [0.2, 0.25) is 0 Å². The summed E-state index contributed by atoms with van der Waals surface area (Å²) in [5.41, 5.74) is 0.0487. The second-order valence-corrected chi connectivity index (χ2v) is 5.31. The van der Waals surface area contributed by atoms with Crippen molar-refractivity contribution in [2.75, 3.05) is 6.54 Å². The van der Waals surface area contributed by atoms with Crippen LogP contribution in [0.4, 0.5) is 0 Å². The van der Waals surface area contributed by atoms with Crippen molar-refractivity contribution in [3.63, 3.8) is 0 Å². The summed E-state index contributed by atoms with van der Waals surface area (Å²) in [5, 5.41) is 3.31. The molecule has 4 nitrogen and oxygen atoms in total. The van der Waals surface area contributed by atoms with E-state index in [9.17, 15) is 0 Å². The lowest BCUT2D eigenvalue weighted by molar-refractivity contribution is -0.0220. The van der Waals surface area contributed by atoms with Crippen LogP contribution in [0, 0.1) is 0 Å². The molecular weight excluding hydrogens is 214 g/mol. The number of hydrogen-bond acceptors (Lipinski definition) is 3. The standard InChI is InChI=1S/C13H23N3O/c1-4-14-9-12-15-7-8-16(12)10-11-5-6-13(2,3)17-11/h7-8,11,14H,4-6,9-10H2,1-3H3. The smallest absolute Gasteiger partial charge is 0.122 e. The zero-order valence-corrected chi connectivity index (χ0v) is 11.1. The van der Waals surface area contributed by atoms with Crippen LogP contribution in [0.15, 0.2) is 12.4 Å². The zero-order valence-electron chi connectivity index (χ0n) is 11.1. The Morgan fingerprint density at radius 3 is 3.06 bits per heavy atom. The molecule has 0 spiro atoms. The second kappa shape index (κ2) is 5.19. The van der Waals surface area contributed by atoms with Crippen LogP contribution in [0.25, 0.3) is 0 Å². The summed E-state index contributed by atoms with van der Waals surface area (Å²) in [5.74, 6) is 1.10. The molecule has 4 heteroatoms. The third kappa shape index (κ3) is 3.30. The lowest BCUT2D eigenvalue weighted by Crippen LogP contribution is -2.24. The van der Waals surface area contributed by atoms with E-state index in [4.69, 9.17) is 4.74 Å². The van der Waals surface area contributed by atoms with Crippen LogP contribution in [-0.2, 0) is 17.8 Å². The van der Waals surface area contributed by atoms with E-state index in [2.05, 4.69) is 35.6 Å². The molecule has 2 heterocycles. The second-order valence-electron chi connectivity index (χ2n) is 5.31. The third-order valence-corrected chi connectivity index (χ3v) is 3.29. The van der Waals surface area contributed by atoms with E-state index in [1.54, 1.807) is 0 Å². The van der Waals surface area contributed by atoms with Gasteiger partial charge in [-0.3, -0.25) is 0 Å². The van der Waals surface area contributed by atoms with Crippen molar-refractivity contribution in [1.29, 1.82) is 0 Å². The van der Waals surface area contributed by atoms with Crippen molar-refractivity contribution in [2.24, 2.45) is 0 Å². The fourth-order valence-corrected chi connectivity index (χ4v) is 2.34. The Morgan fingerprint density at radius 2 is 2.41 bits per heavy atom. The Bertz CT molecular complexity index is 359. The minimum atomic E-state index is 0.0487. The van der Waals surface area contributed by atoms with E-state index in [1.165, 1.54) is 0 Å². The molecule has 1 aromatic rings. The molecule has 1 N–H and O–H groups in total. The Kier molecular flexibility index (Phi) is 3.84. The number of imidazole rings is 1. The van der Waals surface area contributed by atoms with Gasteiger partial charge in [-0.1, -0.05) is 6.92 Å². The highest BCUT2D eigenvalue weighted by Gasteiger charge is 2.31. The van der Waals surface area contributed by atoms with Crippen LogP contribution in [0.2, 0.25) is 0 Å². The van der Waals surface area contributed by atoms with Gasteiger partial charge in [-0.2, -0.15) is 0 Å². The Hall–Kier alpha value is -0.870. The molecule has 0 aromatic carbocycles. The van der Waals surface area contributed by atoms with Crippen molar-refractivity contribution in [3.8, 4) is 0 Å². The summed E-state index contributed by atoms with van der Waals surface area (Å²) in [4.78, 5) is 4.38. The van der Waals surface area contributed by atoms with Crippen molar-refractivity contribution in [2.45, 2.75) is 58.4 Å². The number of ether oxygens (including phenoxy) is 1. The molecule has 2 rings (SSSR count). The molecule has 0 amide bonds.